The summed E-state index contributed by atoms with van der Waals surface area (Å²) in [6.45, 7) is 1.69. The molecule has 1 aliphatic heterocycles. The molecule has 0 saturated carbocycles. The van der Waals surface area contributed by atoms with Crippen LogP contribution in [0.2, 0.25) is 5.02 Å². The zero-order chi connectivity index (χ0) is 12.9. The Balaban J connectivity index is 2.39. The van der Waals surface area contributed by atoms with E-state index < -0.39 is 0 Å². The number of carbonyl (C=O) groups is 1. The van der Waals surface area contributed by atoms with Crippen LogP contribution in [0, 0.1) is 0 Å². The van der Waals surface area contributed by atoms with E-state index in [2.05, 4.69) is 4.90 Å². The van der Waals surface area contributed by atoms with E-state index in [0.29, 0.717) is 4.88 Å². The molecule has 0 saturated heterocycles. The van der Waals surface area contributed by atoms with Crippen LogP contribution in [0.15, 0.2) is 12.1 Å². The highest BCUT2D eigenvalue weighted by atomic mass is 35.5. The lowest BCUT2D eigenvalue weighted by Gasteiger charge is -2.13. The van der Waals surface area contributed by atoms with Crippen molar-refractivity contribution < 1.29 is 4.79 Å². The third-order valence-electron chi connectivity index (χ3n) is 3.36. The summed E-state index contributed by atoms with van der Waals surface area (Å²) in [7, 11) is 2.05. The van der Waals surface area contributed by atoms with E-state index in [1.807, 2.05) is 19.2 Å². The fourth-order valence-electron chi connectivity index (χ4n) is 2.51. The van der Waals surface area contributed by atoms with Gasteiger partial charge in [-0.25, -0.2) is 0 Å². The summed E-state index contributed by atoms with van der Waals surface area (Å²) < 4.78 is 1.10. The first kappa shape index (κ1) is 12.4. The molecule has 0 unspecified atom stereocenters. The Morgan fingerprint density at radius 2 is 2.17 bits per heavy atom. The second-order valence-electron chi connectivity index (χ2n) is 4.57. The van der Waals surface area contributed by atoms with Crippen molar-refractivity contribution in [1.29, 1.82) is 0 Å². The van der Waals surface area contributed by atoms with Gasteiger partial charge in [0, 0.05) is 28.2 Å². The first-order valence-corrected chi connectivity index (χ1v) is 7.26. The van der Waals surface area contributed by atoms with E-state index >= 15 is 0 Å². The monoisotopic (exact) mass is 299 g/mol. The minimum Gasteiger partial charge on any atom is -0.302 e. The fraction of sp³-hybridized carbons (Fsp3) is 0.308. The first-order valence-electron chi connectivity index (χ1n) is 5.69. The Morgan fingerprint density at radius 1 is 1.39 bits per heavy atom. The molecule has 2 heterocycles. The minimum atomic E-state index is -0.372. The lowest BCUT2D eigenvalue weighted by atomic mass is 10.0. The van der Waals surface area contributed by atoms with Gasteiger partial charge in [0.15, 0.2) is 0 Å². The normalized spacial score (nSPS) is 15.9. The summed E-state index contributed by atoms with van der Waals surface area (Å²) in [5, 5.41) is 1.55. The number of carbonyl (C=O) groups excluding carboxylic acids is 1. The molecule has 3 rings (SSSR count). The predicted molar refractivity (Wildman–Crippen MR) is 77.1 cm³/mol. The quantitative estimate of drug-likeness (QED) is 0.744. The minimum absolute atomic E-state index is 0.372. The van der Waals surface area contributed by atoms with Crippen molar-refractivity contribution in [3.63, 3.8) is 0 Å². The molecule has 0 spiro atoms. The van der Waals surface area contributed by atoms with E-state index in [-0.39, 0.29) is 5.24 Å². The van der Waals surface area contributed by atoms with Crippen LogP contribution >= 0.6 is 34.5 Å². The van der Waals surface area contributed by atoms with Crippen LogP contribution in [-0.4, -0.2) is 23.7 Å². The van der Waals surface area contributed by atoms with Gasteiger partial charge in [0.25, 0.3) is 5.24 Å². The van der Waals surface area contributed by atoms with Gasteiger partial charge in [-0.3, -0.25) is 4.79 Å². The average molecular weight is 300 g/mol. The van der Waals surface area contributed by atoms with E-state index in [4.69, 9.17) is 23.2 Å². The summed E-state index contributed by atoms with van der Waals surface area (Å²) >= 11 is 13.4. The van der Waals surface area contributed by atoms with Gasteiger partial charge in [-0.1, -0.05) is 11.6 Å². The number of benzene rings is 1. The average Bonchev–Trinajstić information content (AvgIpc) is 2.57. The van der Waals surface area contributed by atoms with Crippen molar-refractivity contribution in [3.05, 3.63) is 33.2 Å². The third-order valence-corrected chi connectivity index (χ3v) is 5.21. The third kappa shape index (κ3) is 1.86. The molecule has 0 amide bonds. The lowest BCUT2D eigenvalue weighted by molar-refractivity contribution is 0.108. The molecule has 2 aromatic rings. The maximum Gasteiger partial charge on any atom is 0.262 e. The summed E-state index contributed by atoms with van der Waals surface area (Å²) in [5.74, 6) is 0. The van der Waals surface area contributed by atoms with Crippen molar-refractivity contribution in [2.45, 2.75) is 13.0 Å². The van der Waals surface area contributed by atoms with Gasteiger partial charge in [0.05, 0.1) is 4.88 Å². The van der Waals surface area contributed by atoms with Crippen molar-refractivity contribution in [3.8, 4) is 0 Å². The lowest BCUT2D eigenvalue weighted by Crippen LogP contribution is -2.19. The van der Waals surface area contributed by atoms with Crippen LogP contribution < -0.4 is 0 Å². The molecule has 1 aliphatic rings. The van der Waals surface area contributed by atoms with E-state index in [1.54, 1.807) is 0 Å². The smallest absolute Gasteiger partial charge is 0.262 e. The Bertz CT molecular complexity index is 650. The molecule has 0 aliphatic carbocycles. The standard InChI is InChI=1S/C13H11Cl2NOS/c1-16-5-4-7-9(14)2-3-10-11(7)8(6-16)12(18-10)13(15)17/h2-3H,4-6H2,1H3. The molecule has 0 radical (unpaired) electrons. The zero-order valence-electron chi connectivity index (χ0n) is 9.80. The SMILES string of the molecule is CN1CCc2c(Cl)ccc3sc(C(=O)Cl)c(c23)C1. The van der Waals surface area contributed by atoms with Crippen LogP contribution in [0.25, 0.3) is 10.1 Å². The Labute approximate surface area is 119 Å². The number of thiophene rings is 1. The highest BCUT2D eigenvalue weighted by Crippen LogP contribution is 2.39. The van der Waals surface area contributed by atoms with Gasteiger partial charge < -0.3 is 4.90 Å². The van der Waals surface area contributed by atoms with Gasteiger partial charge in [0.1, 0.15) is 0 Å². The van der Waals surface area contributed by atoms with Crippen LogP contribution in [0.5, 0.6) is 0 Å². The highest BCUT2D eigenvalue weighted by molar-refractivity contribution is 7.22. The summed E-state index contributed by atoms with van der Waals surface area (Å²) in [6.07, 6.45) is 0.909. The Kier molecular flexibility index (Phi) is 3.10. The molecular weight excluding hydrogens is 289 g/mol. The maximum atomic E-state index is 11.6. The molecule has 0 atom stereocenters. The van der Waals surface area contributed by atoms with E-state index in [0.717, 1.165) is 45.7 Å². The zero-order valence-corrected chi connectivity index (χ0v) is 12.1. The molecule has 94 valence electrons. The number of halogens is 2. The molecule has 0 N–H and O–H groups in total. The number of likely N-dealkylation sites (N-methyl/N-ethyl adjacent to an activating group) is 1. The van der Waals surface area contributed by atoms with Crippen LogP contribution in [0.3, 0.4) is 0 Å². The van der Waals surface area contributed by atoms with Gasteiger partial charge in [-0.05, 0) is 48.3 Å². The molecular formula is C13H11Cl2NOS. The summed E-state index contributed by atoms with van der Waals surface area (Å²) in [6, 6.07) is 3.89. The molecule has 0 bridgehead atoms. The predicted octanol–water partition coefficient (Wildman–Crippen LogP) is 3.92. The number of hydrogen-bond donors (Lipinski definition) is 0. The Hall–Kier alpha value is -0.610. The van der Waals surface area contributed by atoms with Gasteiger partial charge in [-0.2, -0.15) is 0 Å². The van der Waals surface area contributed by atoms with Crippen molar-refractivity contribution >= 4 is 49.9 Å². The topological polar surface area (TPSA) is 20.3 Å². The van der Waals surface area contributed by atoms with Gasteiger partial charge in [-0.15, -0.1) is 11.3 Å². The van der Waals surface area contributed by atoms with Gasteiger partial charge >= 0.3 is 0 Å². The number of hydrogen-bond acceptors (Lipinski definition) is 3. The second-order valence-corrected chi connectivity index (χ2v) is 6.37. The molecule has 0 fully saturated rings. The van der Waals surface area contributed by atoms with Crippen molar-refractivity contribution in [2.24, 2.45) is 0 Å². The molecule has 2 nitrogen and oxygen atoms in total. The van der Waals surface area contributed by atoms with Crippen molar-refractivity contribution in [1.82, 2.24) is 4.90 Å². The largest absolute Gasteiger partial charge is 0.302 e. The van der Waals surface area contributed by atoms with Crippen molar-refractivity contribution in [2.75, 3.05) is 13.6 Å². The maximum absolute atomic E-state index is 11.6. The second kappa shape index (κ2) is 4.49. The van der Waals surface area contributed by atoms with Crippen LogP contribution in [0.1, 0.15) is 20.8 Å². The molecule has 5 heteroatoms. The molecule has 1 aromatic heterocycles. The Morgan fingerprint density at radius 3 is 2.89 bits per heavy atom. The summed E-state index contributed by atoms with van der Waals surface area (Å²) in [4.78, 5) is 14.4. The molecule has 1 aromatic carbocycles. The number of rotatable bonds is 1. The number of nitrogens with zero attached hydrogens (tertiary/aromatic N) is 1. The first-order chi connectivity index (χ1) is 8.58. The fourth-order valence-corrected chi connectivity index (χ4v) is 4.06. The highest BCUT2D eigenvalue weighted by Gasteiger charge is 2.24. The van der Waals surface area contributed by atoms with Gasteiger partial charge in [0.2, 0.25) is 0 Å². The van der Waals surface area contributed by atoms with Crippen LogP contribution in [0.4, 0.5) is 0 Å². The molecule has 18 heavy (non-hydrogen) atoms. The van der Waals surface area contributed by atoms with E-state index in [9.17, 15) is 4.79 Å². The summed E-state index contributed by atoms with van der Waals surface area (Å²) in [5.41, 5.74) is 2.18. The van der Waals surface area contributed by atoms with E-state index in [1.165, 1.54) is 11.3 Å². The van der Waals surface area contributed by atoms with Crippen LogP contribution in [-0.2, 0) is 13.0 Å².